The third-order valence-corrected chi connectivity index (χ3v) is 3.42. The van der Waals surface area contributed by atoms with Crippen LogP contribution < -0.4 is 4.90 Å². The molecule has 1 aromatic rings. The SMILES string of the molecule is CN(CC1CC1)c1c(Cl)cccc1CCl. The fourth-order valence-electron chi connectivity index (χ4n) is 1.87. The average Bonchev–Trinajstić information content (AvgIpc) is 3.00. The molecule has 3 heteroatoms. The molecule has 1 aliphatic carbocycles. The highest BCUT2D eigenvalue weighted by molar-refractivity contribution is 6.33. The van der Waals surface area contributed by atoms with Crippen LogP contribution in [-0.4, -0.2) is 13.6 Å². The van der Waals surface area contributed by atoms with Crippen LogP contribution in [0.2, 0.25) is 5.02 Å². The highest BCUT2D eigenvalue weighted by Crippen LogP contribution is 2.35. The van der Waals surface area contributed by atoms with Crippen molar-refractivity contribution in [1.82, 2.24) is 0 Å². The summed E-state index contributed by atoms with van der Waals surface area (Å²) in [4.78, 5) is 2.23. The molecule has 0 heterocycles. The Morgan fingerprint density at radius 1 is 1.40 bits per heavy atom. The second-order valence-electron chi connectivity index (χ2n) is 4.21. The van der Waals surface area contributed by atoms with Crippen molar-refractivity contribution < 1.29 is 0 Å². The fraction of sp³-hybridized carbons (Fsp3) is 0.500. The number of para-hydroxylation sites is 1. The van der Waals surface area contributed by atoms with Gasteiger partial charge in [0.25, 0.3) is 0 Å². The van der Waals surface area contributed by atoms with E-state index in [1.54, 1.807) is 0 Å². The summed E-state index contributed by atoms with van der Waals surface area (Å²) in [6, 6.07) is 5.92. The minimum absolute atomic E-state index is 0.519. The van der Waals surface area contributed by atoms with Crippen molar-refractivity contribution in [2.24, 2.45) is 5.92 Å². The first kappa shape index (κ1) is 11.1. The predicted octanol–water partition coefficient (Wildman–Crippen LogP) is 3.93. The van der Waals surface area contributed by atoms with Crippen molar-refractivity contribution in [2.75, 3.05) is 18.5 Å². The molecule has 0 atom stereocenters. The fourth-order valence-corrected chi connectivity index (χ4v) is 2.43. The summed E-state index contributed by atoms with van der Waals surface area (Å²) in [6.07, 6.45) is 2.70. The quantitative estimate of drug-likeness (QED) is 0.725. The van der Waals surface area contributed by atoms with Gasteiger partial charge in [-0.15, -0.1) is 11.6 Å². The molecule has 15 heavy (non-hydrogen) atoms. The molecular weight excluding hydrogens is 229 g/mol. The van der Waals surface area contributed by atoms with Crippen LogP contribution in [0.25, 0.3) is 0 Å². The normalized spacial score (nSPS) is 15.4. The van der Waals surface area contributed by atoms with E-state index in [0.717, 1.165) is 28.7 Å². The van der Waals surface area contributed by atoms with Crippen molar-refractivity contribution in [2.45, 2.75) is 18.7 Å². The Kier molecular flexibility index (Phi) is 3.42. The summed E-state index contributed by atoms with van der Waals surface area (Å²) in [6.45, 7) is 1.09. The molecule has 0 radical (unpaired) electrons. The molecule has 82 valence electrons. The van der Waals surface area contributed by atoms with E-state index in [9.17, 15) is 0 Å². The summed E-state index contributed by atoms with van der Waals surface area (Å²) >= 11 is 12.1. The lowest BCUT2D eigenvalue weighted by atomic mass is 10.2. The molecule has 0 N–H and O–H groups in total. The second kappa shape index (κ2) is 4.63. The molecule has 1 fully saturated rings. The maximum atomic E-state index is 6.21. The number of alkyl halides is 1. The van der Waals surface area contributed by atoms with Gasteiger partial charge in [-0.1, -0.05) is 23.7 Å². The number of hydrogen-bond acceptors (Lipinski definition) is 1. The molecule has 0 bridgehead atoms. The predicted molar refractivity (Wildman–Crippen MR) is 67.0 cm³/mol. The van der Waals surface area contributed by atoms with Crippen LogP contribution in [0.1, 0.15) is 18.4 Å². The van der Waals surface area contributed by atoms with Gasteiger partial charge in [-0.3, -0.25) is 0 Å². The first-order valence-electron chi connectivity index (χ1n) is 5.27. The maximum absolute atomic E-state index is 6.21. The third kappa shape index (κ3) is 2.59. The van der Waals surface area contributed by atoms with Crippen molar-refractivity contribution in [3.05, 3.63) is 28.8 Å². The van der Waals surface area contributed by atoms with Crippen LogP contribution in [-0.2, 0) is 5.88 Å². The van der Waals surface area contributed by atoms with E-state index in [-0.39, 0.29) is 0 Å². The Hall–Kier alpha value is -0.400. The Bertz CT molecular complexity index is 347. The van der Waals surface area contributed by atoms with Gasteiger partial charge in [-0.25, -0.2) is 0 Å². The second-order valence-corrected chi connectivity index (χ2v) is 4.88. The number of halogens is 2. The van der Waals surface area contributed by atoms with Crippen molar-refractivity contribution in [3.63, 3.8) is 0 Å². The smallest absolute Gasteiger partial charge is 0.0642 e. The van der Waals surface area contributed by atoms with Gasteiger partial charge in [0.1, 0.15) is 0 Å². The molecule has 0 aliphatic heterocycles. The first-order chi connectivity index (χ1) is 7.22. The number of hydrogen-bond donors (Lipinski definition) is 0. The number of anilines is 1. The van der Waals surface area contributed by atoms with Crippen LogP contribution >= 0.6 is 23.2 Å². The Labute approximate surface area is 101 Å². The van der Waals surface area contributed by atoms with E-state index in [1.165, 1.54) is 12.8 Å². The summed E-state index contributed by atoms with van der Waals surface area (Å²) in [5.41, 5.74) is 2.22. The maximum Gasteiger partial charge on any atom is 0.0642 e. The Morgan fingerprint density at radius 2 is 2.13 bits per heavy atom. The minimum atomic E-state index is 0.519. The van der Waals surface area contributed by atoms with Crippen molar-refractivity contribution in [3.8, 4) is 0 Å². The van der Waals surface area contributed by atoms with Gasteiger partial charge >= 0.3 is 0 Å². The van der Waals surface area contributed by atoms with E-state index in [2.05, 4.69) is 11.9 Å². The lowest BCUT2D eigenvalue weighted by Gasteiger charge is -2.23. The van der Waals surface area contributed by atoms with Gasteiger partial charge in [0.15, 0.2) is 0 Å². The van der Waals surface area contributed by atoms with E-state index in [1.807, 2.05) is 18.2 Å². The van der Waals surface area contributed by atoms with Crippen LogP contribution in [0.15, 0.2) is 18.2 Å². The third-order valence-electron chi connectivity index (χ3n) is 2.83. The molecule has 0 saturated heterocycles. The molecule has 1 aromatic carbocycles. The zero-order valence-corrected chi connectivity index (χ0v) is 10.4. The van der Waals surface area contributed by atoms with Gasteiger partial charge < -0.3 is 4.90 Å². The molecule has 1 aliphatic rings. The molecule has 0 aromatic heterocycles. The number of rotatable bonds is 4. The average molecular weight is 244 g/mol. The summed E-state index contributed by atoms with van der Waals surface area (Å²) < 4.78 is 0. The topological polar surface area (TPSA) is 3.24 Å². The zero-order chi connectivity index (χ0) is 10.8. The van der Waals surface area contributed by atoms with E-state index in [0.29, 0.717) is 5.88 Å². The molecule has 0 unspecified atom stereocenters. The van der Waals surface area contributed by atoms with Crippen LogP contribution in [0.3, 0.4) is 0 Å². The zero-order valence-electron chi connectivity index (χ0n) is 8.84. The van der Waals surface area contributed by atoms with Crippen molar-refractivity contribution in [1.29, 1.82) is 0 Å². The summed E-state index contributed by atoms with van der Waals surface area (Å²) in [7, 11) is 2.09. The van der Waals surface area contributed by atoms with E-state index >= 15 is 0 Å². The first-order valence-corrected chi connectivity index (χ1v) is 6.18. The molecular formula is C12H15Cl2N. The van der Waals surface area contributed by atoms with Crippen LogP contribution in [0.4, 0.5) is 5.69 Å². The van der Waals surface area contributed by atoms with E-state index in [4.69, 9.17) is 23.2 Å². The lowest BCUT2D eigenvalue weighted by molar-refractivity contribution is 0.785. The number of benzene rings is 1. The largest absolute Gasteiger partial charge is 0.373 e. The highest BCUT2D eigenvalue weighted by atomic mass is 35.5. The van der Waals surface area contributed by atoms with Gasteiger partial charge in [-0.05, 0) is 30.4 Å². The van der Waals surface area contributed by atoms with Crippen molar-refractivity contribution >= 4 is 28.9 Å². The standard InChI is InChI=1S/C12H15Cl2N/c1-15(8-9-5-6-9)12-10(7-13)3-2-4-11(12)14/h2-4,9H,5-8H2,1H3. The molecule has 0 amide bonds. The Balaban J connectivity index is 2.22. The van der Waals surface area contributed by atoms with E-state index < -0.39 is 0 Å². The molecule has 2 rings (SSSR count). The van der Waals surface area contributed by atoms with Crippen LogP contribution in [0.5, 0.6) is 0 Å². The number of nitrogens with zero attached hydrogens (tertiary/aromatic N) is 1. The summed E-state index contributed by atoms with van der Waals surface area (Å²) in [5, 5.41) is 0.802. The summed E-state index contributed by atoms with van der Waals surface area (Å²) in [5.74, 6) is 1.37. The Morgan fingerprint density at radius 3 is 2.73 bits per heavy atom. The molecule has 1 saturated carbocycles. The van der Waals surface area contributed by atoms with Gasteiger partial charge in [0.05, 0.1) is 10.7 Å². The van der Waals surface area contributed by atoms with Gasteiger partial charge in [0, 0.05) is 19.5 Å². The van der Waals surface area contributed by atoms with Crippen LogP contribution in [0, 0.1) is 5.92 Å². The monoisotopic (exact) mass is 243 g/mol. The van der Waals surface area contributed by atoms with Gasteiger partial charge in [0.2, 0.25) is 0 Å². The highest BCUT2D eigenvalue weighted by Gasteiger charge is 2.24. The van der Waals surface area contributed by atoms with Gasteiger partial charge in [-0.2, -0.15) is 0 Å². The minimum Gasteiger partial charge on any atom is -0.373 e. The lowest BCUT2D eigenvalue weighted by Crippen LogP contribution is -2.21. The molecule has 1 nitrogen and oxygen atoms in total. The molecule has 0 spiro atoms.